The van der Waals surface area contributed by atoms with E-state index in [0.717, 1.165) is 27.7 Å². The molecule has 3 aromatic heterocycles. The molecule has 0 bridgehead atoms. The van der Waals surface area contributed by atoms with Gasteiger partial charge in [0, 0.05) is 36.9 Å². The predicted molar refractivity (Wildman–Crippen MR) is 98.5 cm³/mol. The first-order valence-electron chi connectivity index (χ1n) is 7.72. The van der Waals surface area contributed by atoms with Crippen LogP contribution >= 0.6 is 11.3 Å². The van der Waals surface area contributed by atoms with Gasteiger partial charge in [-0.05, 0) is 35.7 Å². The first-order chi connectivity index (χ1) is 11.8. The summed E-state index contributed by atoms with van der Waals surface area (Å²) in [7, 11) is 3.91. The summed E-state index contributed by atoms with van der Waals surface area (Å²) < 4.78 is 2.07. The van der Waals surface area contributed by atoms with Gasteiger partial charge in [-0.15, -0.1) is 11.3 Å². The second kappa shape index (κ2) is 6.05. The van der Waals surface area contributed by atoms with Crippen LogP contribution in [0.25, 0.3) is 0 Å². The molecule has 1 N–H and O–H groups in total. The van der Waals surface area contributed by atoms with Crippen LogP contribution in [-0.2, 0) is 7.05 Å². The number of rotatable bonds is 2. The average molecular weight is 335 g/mol. The van der Waals surface area contributed by atoms with Gasteiger partial charge in [0.2, 0.25) is 0 Å². The van der Waals surface area contributed by atoms with Crippen molar-refractivity contribution < 1.29 is 0 Å². The molecule has 0 radical (unpaired) electrons. The maximum absolute atomic E-state index is 5.09. The number of hydrogen-bond donors (Lipinski definition) is 1. The molecule has 120 valence electrons. The summed E-state index contributed by atoms with van der Waals surface area (Å²) in [5.41, 5.74) is 2.92. The molecular weight excluding hydrogens is 318 g/mol. The van der Waals surface area contributed by atoms with Crippen molar-refractivity contribution in [2.24, 2.45) is 17.0 Å². The van der Waals surface area contributed by atoms with E-state index in [1.807, 2.05) is 44.6 Å². The Morgan fingerprint density at radius 2 is 2.08 bits per heavy atom. The molecular formula is C18H17N5S. The number of aryl methyl sites for hydroxylation is 1. The van der Waals surface area contributed by atoms with E-state index in [-0.39, 0.29) is 6.04 Å². The van der Waals surface area contributed by atoms with Gasteiger partial charge in [-0.25, -0.2) is 9.98 Å². The van der Waals surface area contributed by atoms with Crippen molar-refractivity contribution in [3.05, 3.63) is 70.3 Å². The van der Waals surface area contributed by atoms with Crippen LogP contribution in [0.4, 0.5) is 5.82 Å². The van der Waals surface area contributed by atoms with E-state index >= 15 is 0 Å². The van der Waals surface area contributed by atoms with Crippen molar-refractivity contribution in [3.63, 3.8) is 0 Å². The van der Waals surface area contributed by atoms with E-state index in [9.17, 15) is 0 Å². The fourth-order valence-corrected chi connectivity index (χ4v) is 3.62. The van der Waals surface area contributed by atoms with E-state index in [4.69, 9.17) is 9.98 Å². The smallest absolute Gasteiger partial charge is 0.163 e. The molecule has 24 heavy (non-hydrogen) atoms. The predicted octanol–water partition coefficient (Wildman–Crippen LogP) is 3.32. The zero-order chi connectivity index (χ0) is 16.5. The number of aromatic nitrogens is 2. The first-order valence-corrected chi connectivity index (χ1v) is 8.60. The van der Waals surface area contributed by atoms with Crippen LogP contribution < -0.4 is 5.32 Å². The first kappa shape index (κ1) is 14.8. The molecule has 0 amide bonds. The van der Waals surface area contributed by atoms with Gasteiger partial charge < -0.3 is 9.88 Å². The number of amidine groups is 1. The molecule has 1 atom stereocenters. The third-order valence-electron chi connectivity index (χ3n) is 4.04. The Hall–Kier alpha value is -2.73. The lowest BCUT2D eigenvalue weighted by molar-refractivity contribution is 0.898. The summed E-state index contributed by atoms with van der Waals surface area (Å²) in [6.45, 7) is 0. The molecule has 4 rings (SSSR count). The number of fused-ring (bicyclic) bond motifs is 1. The zero-order valence-corrected chi connectivity index (χ0v) is 14.3. The van der Waals surface area contributed by atoms with Crippen LogP contribution in [0.5, 0.6) is 0 Å². The molecule has 0 fully saturated rings. The number of pyridine rings is 1. The van der Waals surface area contributed by atoms with Crippen molar-refractivity contribution in [1.29, 1.82) is 0 Å². The highest BCUT2D eigenvalue weighted by Crippen LogP contribution is 2.31. The maximum Gasteiger partial charge on any atom is 0.163 e. The van der Waals surface area contributed by atoms with Crippen LogP contribution in [0.2, 0.25) is 0 Å². The minimum absolute atomic E-state index is 0.158. The summed E-state index contributed by atoms with van der Waals surface area (Å²) in [5, 5.41) is 5.27. The molecule has 1 unspecified atom stereocenters. The Bertz CT molecular complexity index is 921. The van der Waals surface area contributed by atoms with E-state index in [1.54, 1.807) is 17.5 Å². The Labute approximate surface area is 144 Å². The number of likely N-dealkylation sites (N-methyl/N-ethyl adjacent to an activating group) is 1. The van der Waals surface area contributed by atoms with Crippen molar-refractivity contribution in [1.82, 2.24) is 14.9 Å². The Kier molecular flexibility index (Phi) is 3.74. The van der Waals surface area contributed by atoms with Crippen molar-refractivity contribution in [3.8, 4) is 0 Å². The number of hydrogen-bond acceptors (Lipinski definition) is 5. The van der Waals surface area contributed by atoms with Gasteiger partial charge >= 0.3 is 0 Å². The van der Waals surface area contributed by atoms with Crippen LogP contribution in [0.15, 0.2) is 64.2 Å². The summed E-state index contributed by atoms with van der Waals surface area (Å²) in [5.74, 6) is 1.50. The molecule has 1 aliphatic heterocycles. The van der Waals surface area contributed by atoms with E-state index in [0.29, 0.717) is 5.82 Å². The Balaban J connectivity index is 1.98. The molecule has 6 heteroatoms. The van der Waals surface area contributed by atoms with Crippen LogP contribution in [-0.4, -0.2) is 28.1 Å². The van der Waals surface area contributed by atoms with Gasteiger partial charge in [-0.3, -0.25) is 4.99 Å². The van der Waals surface area contributed by atoms with Gasteiger partial charge in [0.05, 0.1) is 11.4 Å². The van der Waals surface area contributed by atoms with E-state index in [2.05, 4.69) is 32.4 Å². The van der Waals surface area contributed by atoms with Gasteiger partial charge in [0.25, 0.3) is 0 Å². The van der Waals surface area contributed by atoms with Crippen molar-refractivity contribution in [2.45, 2.75) is 6.04 Å². The second-order valence-electron chi connectivity index (χ2n) is 5.52. The molecule has 5 nitrogen and oxygen atoms in total. The number of nitrogens with zero attached hydrogens (tertiary/aromatic N) is 4. The second-order valence-corrected chi connectivity index (χ2v) is 6.50. The third-order valence-corrected chi connectivity index (χ3v) is 4.97. The highest BCUT2D eigenvalue weighted by molar-refractivity contribution is 7.10. The molecule has 0 saturated heterocycles. The molecule has 4 heterocycles. The largest absolute Gasteiger partial charge is 0.374 e. The standard InChI is InChI=1S/C18H17N5S/c1-19-18-16(14-8-5-11-24-14)21-15(13-7-4-10-23(13)2)12-6-3-9-20-17(12)22-18/h3-11,16H,1-2H3,(H,19,20,22). The molecule has 0 aromatic carbocycles. The quantitative estimate of drug-likeness (QED) is 0.781. The summed E-state index contributed by atoms with van der Waals surface area (Å²) >= 11 is 1.68. The third kappa shape index (κ3) is 2.45. The zero-order valence-electron chi connectivity index (χ0n) is 13.5. The van der Waals surface area contributed by atoms with E-state index in [1.165, 1.54) is 0 Å². The highest BCUT2D eigenvalue weighted by Gasteiger charge is 2.26. The summed E-state index contributed by atoms with van der Waals surface area (Å²) in [6, 6.07) is 12.0. The van der Waals surface area contributed by atoms with Crippen LogP contribution in [0.1, 0.15) is 22.2 Å². The number of aliphatic imine (C=N–C) groups is 2. The van der Waals surface area contributed by atoms with E-state index < -0.39 is 0 Å². The van der Waals surface area contributed by atoms with Crippen LogP contribution in [0.3, 0.4) is 0 Å². The fourth-order valence-electron chi connectivity index (χ4n) is 2.86. The monoisotopic (exact) mass is 335 g/mol. The van der Waals surface area contributed by atoms with Gasteiger partial charge in [-0.1, -0.05) is 6.07 Å². The van der Waals surface area contributed by atoms with Gasteiger partial charge in [0.1, 0.15) is 11.9 Å². The number of thiophene rings is 1. The molecule has 3 aromatic rings. The lowest BCUT2D eigenvalue weighted by Gasteiger charge is -2.14. The topological polar surface area (TPSA) is 54.6 Å². The molecule has 0 saturated carbocycles. The number of nitrogens with one attached hydrogen (secondary N) is 1. The minimum atomic E-state index is -0.158. The molecule has 1 aliphatic rings. The lowest BCUT2D eigenvalue weighted by Crippen LogP contribution is -2.24. The maximum atomic E-state index is 5.09. The molecule has 0 spiro atoms. The fraction of sp³-hybridized carbons (Fsp3) is 0.167. The SMILES string of the molecule is CNC1=Nc2ncccc2C(c2cccn2C)=NC1c1cccs1. The van der Waals surface area contributed by atoms with Crippen molar-refractivity contribution in [2.75, 3.05) is 7.05 Å². The average Bonchev–Trinajstić information content (AvgIpc) is 3.24. The minimum Gasteiger partial charge on any atom is -0.374 e. The normalized spacial score (nSPS) is 16.8. The van der Waals surface area contributed by atoms with Gasteiger partial charge in [0.15, 0.2) is 5.82 Å². The highest BCUT2D eigenvalue weighted by atomic mass is 32.1. The van der Waals surface area contributed by atoms with Crippen LogP contribution in [0, 0.1) is 0 Å². The Morgan fingerprint density at radius 1 is 1.17 bits per heavy atom. The molecule has 0 aliphatic carbocycles. The summed E-state index contributed by atoms with van der Waals surface area (Å²) in [4.78, 5) is 15.5. The summed E-state index contributed by atoms with van der Waals surface area (Å²) in [6.07, 6.45) is 3.79. The van der Waals surface area contributed by atoms with Crippen molar-refractivity contribution >= 4 is 28.7 Å². The van der Waals surface area contributed by atoms with Gasteiger partial charge in [-0.2, -0.15) is 0 Å². The lowest BCUT2D eigenvalue weighted by atomic mass is 10.1. The Morgan fingerprint density at radius 3 is 2.79 bits per heavy atom.